The minimum Gasteiger partial charge on any atom is -0.471 e. The maximum atomic E-state index is 13.0. The van der Waals surface area contributed by atoms with Crippen molar-refractivity contribution in [3.05, 3.63) is 58.7 Å². The van der Waals surface area contributed by atoms with Crippen LogP contribution in [0.25, 0.3) is 10.9 Å². The van der Waals surface area contributed by atoms with Crippen LogP contribution in [0.2, 0.25) is 0 Å². The highest BCUT2D eigenvalue weighted by Crippen LogP contribution is 2.31. The predicted octanol–water partition coefficient (Wildman–Crippen LogP) is 3.78. The minimum atomic E-state index is -0.283. The molecule has 0 fully saturated rings. The van der Waals surface area contributed by atoms with Gasteiger partial charge in [0.05, 0.1) is 0 Å². The fraction of sp³-hybridized carbons (Fsp3) is 0.222. The second-order valence-corrected chi connectivity index (χ2v) is 5.51. The molecule has 2 aromatic heterocycles. The van der Waals surface area contributed by atoms with E-state index in [1.807, 2.05) is 25.5 Å². The molecule has 0 aliphatic rings. The van der Waals surface area contributed by atoms with Gasteiger partial charge in [-0.15, -0.1) is 0 Å². The summed E-state index contributed by atoms with van der Waals surface area (Å²) in [6.07, 6.45) is 0. The van der Waals surface area contributed by atoms with Crippen LogP contribution in [-0.4, -0.2) is 9.55 Å². The van der Waals surface area contributed by atoms with Gasteiger partial charge in [0.2, 0.25) is 5.88 Å². The van der Waals surface area contributed by atoms with E-state index in [4.69, 9.17) is 4.74 Å². The second-order valence-electron chi connectivity index (χ2n) is 5.51. The molecule has 0 aliphatic carbocycles. The van der Waals surface area contributed by atoms with Crippen molar-refractivity contribution in [2.75, 3.05) is 0 Å². The van der Waals surface area contributed by atoms with Crippen LogP contribution in [0.3, 0.4) is 0 Å². The summed E-state index contributed by atoms with van der Waals surface area (Å²) in [4.78, 5) is 4.29. The van der Waals surface area contributed by atoms with Gasteiger partial charge in [0.1, 0.15) is 29.7 Å². The van der Waals surface area contributed by atoms with Gasteiger partial charge in [0, 0.05) is 18.1 Å². The Labute approximate surface area is 133 Å². The lowest BCUT2D eigenvalue weighted by atomic mass is 10.1. The number of benzene rings is 1. The number of ether oxygens (including phenoxy) is 1. The van der Waals surface area contributed by atoms with Gasteiger partial charge < -0.3 is 9.30 Å². The Morgan fingerprint density at radius 2 is 1.96 bits per heavy atom. The SMILES string of the molecule is Cc1c(C)n(C)c2c(OCc3ccc(F)cc3)nc(C#N)cc12. The summed E-state index contributed by atoms with van der Waals surface area (Å²) in [5, 5.41) is 10.2. The van der Waals surface area contributed by atoms with Crippen LogP contribution in [0.1, 0.15) is 22.5 Å². The van der Waals surface area contributed by atoms with Crippen molar-refractivity contribution < 1.29 is 9.13 Å². The number of pyridine rings is 1. The van der Waals surface area contributed by atoms with Gasteiger partial charge in [-0.3, -0.25) is 0 Å². The summed E-state index contributed by atoms with van der Waals surface area (Å²) >= 11 is 0. The van der Waals surface area contributed by atoms with Crippen LogP contribution >= 0.6 is 0 Å². The molecular weight excluding hydrogens is 293 g/mol. The monoisotopic (exact) mass is 309 g/mol. The number of hydrogen-bond acceptors (Lipinski definition) is 3. The highest BCUT2D eigenvalue weighted by atomic mass is 19.1. The number of rotatable bonds is 3. The van der Waals surface area contributed by atoms with Gasteiger partial charge in [0.25, 0.3) is 0 Å². The molecule has 3 rings (SSSR count). The Kier molecular flexibility index (Phi) is 3.75. The second kappa shape index (κ2) is 5.73. The van der Waals surface area contributed by atoms with Gasteiger partial charge in [-0.05, 0) is 43.2 Å². The van der Waals surface area contributed by atoms with Gasteiger partial charge in [0.15, 0.2) is 0 Å². The Morgan fingerprint density at radius 3 is 2.61 bits per heavy atom. The van der Waals surface area contributed by atoms with Crippen LogP contribution in [0.15, 0.2) is 30.3 Å². The highest BCUT2D eigenvalue weighted by Gasteiger charge is 2.16. The standard InChI is InChI=1S/C18H16FN3O/c1-11-12(2)22(3)17-16(11)8-15(9-20)21-18(17)23-10-13-4-6-14(19)7-5-13/h4-8H,10H2,1-3H3. The molecule has 2 heterocycles. The summed E-state index contributed by atoms with van der Waals surface area (Å²) in [6.45, 7) is 4.30. The van der Waals surface area contributed by atoms with E-state index >= 15 is 0 Å². The molecule has 0 aliphatic heterocycles. The van der Waals surface area contributed by atoms with Crippen molar-refractivity contribution in [2.24, 2.45) is 7.05 Å². The molecule has 1 aromatic carbocycles. The third-order valence-electron chi connectivity index (χ3n) is 4.15. The predicted molar refractivity (Wildman–Crippen MR) is 85.6 cm³/mol. The molecule has 0 spiro atoms. The molecule has 116 valence electrons. The van der Waals surface area contributed by atoms with E-state index in [9.17, 15) is 9.65 Å². The molecule has 0 saturated carbocycles. The normalized spacial score (nSPS) is 10.7. The molecule has 0 N–H and O–H groups in total. The first-order chi connectivity index (χ1) is 11.0. The Balaban J connectivity index is 2.04. The minimum absolute atomic E-state index is 0.264. The fourth-order valence-electron chi connectivity index (χ4n) is 2.63. The third-order valence-corrected chi connectivity index (χ3v) is 4.15. The lowest BCUT2D eigenvalue weighted by Crippen LogP contribution is -2.01. The van der Waals surface area contributed by atoms with E-state index in [0.717, 1.165) is 27.7 Å². The van der Waals surface area contributed by atoms with E-state index in [-0.39, 0.29) is 12.4 Å². The molecule has 0 bridgehead atoms. The Morgan fingerprint density at radius 1 is 1.26 bits per heavy atom. The number of aromatic nitrogens is 2. The lowest BCUT2D eigenvalue weighted by Gasteiger charge is -2.09. The smallest absolute Gasteiger partial charge is 0.240 e. The van der Waals surface area contributed by atoms with Crippen LogP contribution in [0.5, 0.6) is 5.88 Å². The van der Waals surface area contributed by atoms with Crippen molar-refractivity contribution in [2.45, 2.75) is 20.5 Å². The average molecular weight is 309 g/mol. The molecule has 4 nitrogen and oxygen atoms in total. The summed E-state index contributed by atoms with van der Waals surface area (Å²) in [5.41, 5.74) is 4.23. The van der Waals surface area contributed by atoms with E-state index < -0.39 is 0 Å². The summed E-state index contributed by atoms with van der Waals surface area (Å²) < 4.78 is 20.8. The summed E-state index contributed by atoms with van der Waals surface area (Å²) in [7, 11) is 1.95. The molecule has 0 radical (unpaired) electrons. The maximum Gasteiger partial charge on any atom is 0.240 e. The molecule has 0 unspecified atom stereocenters. The number of fused-ring (bicyclic) bond motifs is 1. The van der Waals surface area contributed by atoms with Crippen LogP contribution < -0.4 is 4.74 Å². The van der Waals surface area contributed by atoms with Crippen molar-refractivity contribution in [3.63, 3.8) is 0 Å². The lowest BCUT2D eigenvalue weighted by molar-refractivity contribution is 0.296. The molecule has 0 amide bonds. The molecule has 3 aromatic rings. The molecular formula is C18H16FN3O. The van der Waals surface area contributed by atoms with E-state index in [1.165, 1.54) is 12.1 Å². The zero-order valence-electron chi connectivity index (χ0n) is 13.2. The maximum absolute atomic E-state index is 13.0. The largest absolute Gasteiger partial charge is 0.471 e. The number of hydrogen-bond donors (Lipinski definition) is 0. The average Bonchev–Trinajstić information content (AvgIpc) is 2.78. The fourth-order valence-corrected chi connectivity index (χ4v) is 2.63. The van der Waals surface area contributed by atoms with Crippen LogP contribution in [-0.2, 0) is 13.7 Å². The Bertz CT molecular complexity index is 920. The van der Waals surface area contributed by atoms with E-state index in [1.54, 1.807) is 18.2 Å². The van der Waals surface area contributed by atoms with Crippen molar-refractivity contribution in [1.82, 2.24) is 9.55 Å². The zero-order chi connectivity index (χ0) is 16.6. The highest BCUT2D eigenvalue weighted by molar-refractivity contribution is 5.89. The first-order valence-electron chi connectivity index (χ1n) is 7.25. The summed E-state index contributed by atoms with van der Waals surface area (Å²) in [6, 6.07) is 9.98. The number of halogens is 1. The van der Waals surface area contributed by atoms with Gasteiger partial charge >= 0.3 is 0 Å². The Hall–Kier alpha value is -2.87. The van der Waals surface area contributed by atoms with E-state index in [0.29, 0.717) is 11.6 Å². The van der Waals surface area contributed by atoms with Gasteiger partial charge in [-0.25, -0.2) is 9.37 Å². The molecule has 23 heavy (non-hydrogen) atoms. The summed E-state index contributed by atoms with van der Waals surface area (Å²) in [5.74, 6) is 0.136. The first-order valence-corrected chi connectivity index (χ1v) is 7.25. The van der Waals surface area contributed by atoms with E-state index in [2.05, 4.69) is 11.1 Å². The number of nitriles is 1. The zero-order valence-corrected chi connectivity index (χ0v) is 13.2. The van der Waals surface area contributed by atoms with Crippen LogP contribution in [0.4, 0.5) is 4.39 Å². The molecule has 5 heteroatoms. The van der Waals surface area contributed by atoms with Crippen LogP contribution in [0, 0.1) is 31.0 Å². The van der Waals surface area contributed by atoms with Crippen molar-refractivity contribution >= 4 is 10.9 Å². The molecule has 0 saturated heterocycles. The molecule has 0 atom stereocenters. The van der Waals surface area contributed by atoms with Crippen molar-refractivity contribution in [1.29, 1.82) is 5.26 Å². The van der Waals surface area contributed by atoms with Gasteiger partial charge in [-0.1, -0.05) is 12.1 Å². The van der Waals surface area contributed by atoms with Crippen molar-refractivity contribution in [3.8, 4) is 11.9 Å². The quantitative estimate of drug-likeness (QED) is 0.740. The topological polar surface area (TPSA) is 50.8 Å². The third kappa shape index (κ3) is 2.64. The first kappa shape index (κ1) is 15.0. The number of nitrogens with zero attached hydrogens (tertiary/aromatic N) is 3. The number of aryl methyl sites for hydroxylation is 2. The van der Waals surface area contributed by atoms with Gasteiger partial charge in [-0.2, -0.15) is 5.26 Å².